The van der Waals surface area contributed by atoms with Crippen molar-refractivity contribution in [2.24, 2.45) is 28.3 Å². The fourth-order valence-corrected chi connectivity index (χ4v) is 8.21. The van der Waals surface area contributed by atoms with Gasteiger partial charge in [-0.3, -0.25) is 10.1 Å². The molecule has 0 spiro atoms. The summed E-state index contributed by atoms with van der Waals surface area (Å²) < 4.78 is 26.0. The number of aliphatic hydroxyl groups excluding tert-OH is 2. The van der Waals surface area contributed by atoms with Crippen molar-refractivity contribution < 1.29 is 43.7 Å². The molecule has 0 saturated heterocycles. The van der Waals surface area contributed by atoms with E-state index in [-0.39, 0.29) is 61.7 Å². The Morgan fingerprint density at radius 2 is 1.83 bits per heavy atom. The van der Waals surface area contributed by atoms with Crippen molar-refractivity contribution in [3.05, 3.63) is 82.4 Å². The number of carbonyl (C=O) groups is 1. The van der Waals surface area contributed by atoms with Crippen LogP contribution in [0.2, 0.25) is 0 Å². The van der Waals surface area contributed by atoms with Crippen LogP contribution in [-0.4, -0.2) is 84.3 Å². The third-order valence-electron chi connectivity index (χ3n) is 10.5. The highest BCUT2D eigenvalue weighted by Gasteiger charge is 2.65. The molecule has 2 N–H and O–H groups in total. The third kappa shape index (κ3) is 8.90. The smallest absolute Gasteiger partial charge is 0.410 e. The van der Waals surface area contributed by atoms with E-state index in [0.717, 1.165) is 36.8 Å². The van der Waals surface area contributed by atoms with E-state index >= 15 is 0 Å². The molecule has 13 nitrogen and oxygen atoms in total. The van der Waals surface area contributed by atoms with Crippen LogP contribution in [0.5, 0.6) is 17.2 Å². The number of non-ortho nitro benzene ring substituents is 1. The van der Waals surface area contributed by atoms with Gasteiger partial charge in [-0.25, -0.2) is 4.79 Å². The maximum absolute atomic E-state index is 13.8. The summed E-state index contributed by atoms with van der Waals surface area (Å²) >= 11 is 0. The van der Waals surface area contributed by atoms with E-state index in [1.807, 2.05) is 32.9 Å². The molecule has 0 unspecified atom stereocenters. The summed E-state index contributed by atoms with van der Waals surface area (Å²) in [5.41, 5.74) is 2.09. The lowest BCUT2D eigenvalue weighted by atomic mass is 9.55. The van der Waals surface area contributed by atoms with Crippen molar-refractivity contribution in [1.29, 1.82) is 0 Å². The summed E-state index contributed by atoms with van der Waals surface area (Å²) in [6.45, 7) is 10.4. The number of nitro benzene ring substituents is 1. The molecule has 1 saturated carbocycles. The van der Waals surface area contributed by atoms with Crippen LogP contribution in [0.25, 0.3) is 0 Å². The number of hydrogen-bond acceptors (Lipinski definition) is 11. The fourth-order valence-electron chi connectivity index (χ4n) is 8.21. The zero-order chi connectivity index (χ0) is 39.0. The quantitative estimate of drug-likeness (QED) is 0.0707. The van der Waals surface area contributed by atoms with Crippen molar-refractivity contribution in [3.63, 3.8) is 0 Å². The summed E-state index contributed by atoms with van der Waals surface area (Å²) in [6.07, 6.45) is 8.09. The molecule has 1 fully saturated rings. The van der Waals surface area contributed by atoms with Gasteiger partial charge in [-0.1, -0.05) is 57.0 Å². The van der Waals surface area contributed by atoms with Crippen LogP contribution >= 0.6 is 0 Å². The average molecular weight is 750 g/mol. The molecular formula is C41H55N3O10. The Bertz CT molecular complexity index is 1700. The lowest BCUT2D eigenvalue weighted by Crippen LogP contribution is -2.69. The van der Waals surface area contributed by atoms with Crippen LogP contribution in [0.4, 0.5) is 10.5 Å². The topological polar surface area (TPSA) is 162 Å². The summed E-state index contributed by atoms with van der Waals surface area (Å²) in [4.78, 5) is 31.9. The summed E-state index contributed by atoms with van der Waals surface area (Å²) in [5.74, 6) is -0.726. The van der Waals surface area contributed by atoms with E-state index in [1.54, 1.807) is 36.2 Å². The van der Waals surface area contributed by atoms with E-state index in [2.05, 4.69) is 17.8 Å². The standard InChI is InChI=1S/C41H55N3O10/c1-7-21-52-41-36(43(5)39(47)51-26-40(2,3)4)25-34(42-50-6)32-22-27(13-8-10-19-45)31(16-9-11-20-46)37(38(32)41)33-24-30(17-18-35(33)54-41)53-29-15-12-14-28(23-29)44(48)49/h7,12,14-15,17-18,22-24,27,31,36-38,45-46H,1,8-11,13,16,19-21,25-26H2,2-6H3/t27-,31+,36-,37+,38+,41+/m0/s1. The van der Waals surface area contributed by atoms with Crippen LogP contribution < -0.4 is 9.47 Å². The molecule has 2 aromatic rings. The second-order valence-corrected chi connectivity index (χ2v) is 15.5. The minimum atomic E-state index is -1.41. The first kappa shape index (κ1) is 40.7. The number of carbonyl (C=O) groups excluding carboxylic acids is 1. The monoisotopic (exact) mass is 749 g/mol. The Morgan fingerprint density at radius 1 is 1.11 bits per heavy atom. The number of amides is 1. The van der Waals surface area contributed by atoms with Gasteiger partial charge in [0, 0.05) is 44.2 Å². The number of fused-ring (bicyclic) bond motifs is 2. The van der Waals surface area contributed by atoms with Crippen LogP contribution in [0.3, 0.4) is 0 Å². The fraction of sp³-hybridized carbons (Fsp3) is 0.561. The molecule has 5 rings (SSSR count). The molecule has 3 aliphatic rings. The number of oxime groups is 1. The second kappa shape index (κ2) is 17.8. The lowest BCUT2D eigenvalue weighted by molar-refractivity contribution is -0.384. The van der Waals surface area contributed by atoms with Crippen LogP contribution in [0, 0.1) is 33.3 Å². The molecule has 0 radical (unpaired) electrons. The van der Waals surface area contributed by atoms with Gasteiger partial charge in [0.05, 0.1) is 35.8 Å². The van der Waals surface area contributed by atoms with Crippen molar-refractivity contribution >= 4 is 17.5 Å². The van der Waals surface area contributed by atoms with Gasteiger partial charge in [0.1, 0.15) is 30.4 Å². The number of nitrogens with zero attached hydrogens (tertiary/aromatic N) is 3. The third-order valence-corrected chi connectivity index (χ3v) is 10.5. The molecule has 13 heteroatoms. The molecule has 6 atom stereocenters. The number of aliphatic hydroxyl groups is 2. The van der Waals surface area contributed by atoms with Crippen LogP contribution in [0.1, 0.15) is 77.2 Å². The minimum Gasteiger partial charge on any atom is -0.459 e. The first-order valence-electron chi connectivity index (χ1n) is 18.8. The maximum Gasteiger partial charge on any atom is 0.410 e. The molecule has 1 amide bonds. The number of likely N-dealkylation sites (N-methyl/N-ethyl adjacent to an activating group) is 1. The van der Waals surface area contributed by atoms with E-state index < -0.39 is 28.8 Å². The van der Waals surface area contributed by atoms with Gasteiger partial charge in [0.15, 0.2) is 0 Å². The first-order chi connectivity index (χ1) is 25.9. The number of ether oxygens (including phenoxy) is 4. The van der Waals surface area contributed by atoms with Crippen LogP contribution in [0.15, 0.2) is 71.9 Å². The number of rotatable bonds is 17. The predicted octanol–water partition coefficient (Wildman–Crippen LogP) is 7.77. The van der Waals surface area contributed by atoms with Gasteiger partial charge in [-0.15, -0.1) is 6.58 Å². The average Bonchev–Trinajstić information content (AvgIpc) is 3.14. The van der Waals surface area contributed by atoms with Gasteiger partial charge in [-0.2, -0.15) is 0 Å². The van der Waals surface area contributed by atoms with Crippen molar-refractivity contribution in [2.45, 2.75) is 83.5 Å². The molecule has 1 heterocycles. The van der Waals surface area contributed by atoms with Crippen LogP contribution in [-0.2, 0) is 14.3 Å². The Kier molecular flexibility index (Phi) is 13.4. The highest BCUT2D eigenvalue weighted by molar-refractivity contribution is 6.02. The Labute approximate surface area is 317 Å². The lowest BCUT2D eigenvalue weighted by Gasteiger charge is -2.59. The highest BCUT2D eigenvalue weighted by atomic mass is 16.7. The number of nitro groups is 1. The molecule has 294 valence electrons. The molecule has 2 aliphatic carbocycles. The Balaban J connectivity index is 1.72. The molecule has 54 heavy (non-hydrogen) atoms. The number of allylic oxidation sites excluding steroid dienone is 1. The van der Waals surface area contributed by atoms with Gasteiger partial charge in [-0.05, 0) is 72.8 Å². The Hall–Kier alpha value is -4.46. The zero-order valence-electron chi connectivity index (χ0n) is 32.1. The van der Waals surface area contributed by atoms with E-state index in [1.165, 1.54) is 19.2 Å². The van der Waals surface area contributed by atoms with Gasteiger partial charge in [0.2, 0.25) is 5.79 Å². The van der Waals surface area contributed by atoms with Gasteiger partial charge >= 0.3 is 6.09 Å². The normalized spacial score (nSPS) is 25.1. The molecule has 0 bridgehead atoms. The van der Waals surface area contributed by atoms with E-state index in [4.69, 9.17) is 23.8 Å². The summed E-state index contributed by atoms with van der Waals surface area (Å²) in [5, 5.41) is 35.6. The number of unbranched alkanes of at least 4 members (excludes halogenated alkanes) is 2. The van der Waals surface area contributed by atoms with Crippen molar-refractivity contribution in [1.82, 2.24) is 4.90 Å². The van der Waals surface area contributed by atoms with E-state index in [0.29, 0.717) is 35.8 Å². The maximum atomic E-state index is 13.8. The molecule has 0 aromatic heterocycles. The number of hydrogen-bond donors (Lipinski definition) is 2. The summed E-state index contributed by atoms with van der Waals surface area (Å²) in [7, 11) is 3.19. The van der Waals surface area contributed by atoms with Gasteiger partial charge < -0.3 is 38.9 Å². The largest absolute Gasteiger partial charge is 0.459 e. The second-order valence-electron chi connectivity index (χ2n) is 15.5. The minimum absolute atomic E-state index is 0.0205. The zero-order valence-corrected chi connectivity index (χ0v) is 32.1. The summed E-state index contributed by atoms with van der Waals surface area (Å²) in [6, 6.07) is 10.9. The Morgan fingerprint density at radius 3 is 2.50 bits per heavy atom. The highest BCUT2D eigenvalue weighted by Crippen LogP contribution is 2.62. The first-order valence-corrected chi connectivity index (χ1v) is 18.8. The van der Waals surface area contributed by atoms with E-state index in [9.17, 15) is 25.1 Å². The van der Waals surface area contributed by atoms with Gasteiger partial charge in [0.25, 0.3) is 5.69 Å². The van der Waals surface area contributed by atoms with Crippen molar-refractivity contribution in [3.8, 4) is 17.2 Å². The van der Waals surface area contributed by atoms with Crippen molar-refractivity contribution in [2.75, 3.05) is 40.6 Å². The molecular weight excluding hydrogens is 694 g/mol. The number of benzene rings is 2. The SMILES string of the molecule is C=CCO[C@@]12Oc3ccc(Oc4cccc([N+](=O)[O-])c4)cc3[C@H]3[C@H](CCCCO)[C@@H](CCCCO)C=C(C(=NOC)C[C@@H]1N(C)C(=O)OCC(C)(C)C)[C@H]32. The molecule has 2 aromatic carbocycles. The molecule has 1 aliphatic heterocycles. The predicted molar refractivity (Wildman–Crippen MR) is 204 cm³/mol.